The third-order valence-corrected chi connectivity index (χ3v) is 5.63. The summed E-state index contributed by atoms with van der Waals surface area (Å²) in [5, 5.41) is 9.34. The van der Waals surface area contributed by atoms with Crippen LogP contribution in [0.4, 0.5) is 0 Å². The van der Waals surface area contributed by atoms with Crippen molar-refractivity contribution >= 4 is 17.2 Å². The summed E-state index contributed by atoms with van der Waals surface area (Å²) in [4.78, 5) is 15.8. The third-order valence-electron chi connectivity index (χ3n) is 4.75. The van der Waals surface area contributed by atoms with Gasteiger partial charge in [-0.15, -0.1) is 11.3 Å². The largest absolute Gasteiger partial charge is 0.350 e. The molecule has 0 aliphatic carbocycles. The molecule has 0 saturated carbocycles. The molecule has 6 heteroatoms. The van der Waals surface area contributed by atoms with Crippen molar-refractivity contribution in [1.29, 1.82) is 0 Å². The first kappa shape index (κ1) is 16.2. The fourth-order valence-electron chi connectivity index (χ4n) is 3.27. The van der Waals surface area contributed by atoms with E-state index in [4.69, 9.17) is 0 Å². The number of carbonyl (C=O) groups excluding carboxylic acids is 1. The highest BCUT2D eigenvalue weighted by Gasteiger charge is 2.28. The molecule has 124 valence electrons. The number of likely N-dealkylation sites (tertiary alicyclic amines) is 1. The lowest BCUT2D eigenvalue weighted by molar-refractivity contribution is -0.126. The Labute approximate surface area is 141 Å². The molecular formula is C17H24N4OS. The topological polar surface area (TPSA) is 50.2 Å². The number of hydrogen-bond donors (Lipinski definition) is 1. The number of nitrogens with one attached hydrogen (secondary N) is 1. The van der Waals surface area contributed by atoms with E-state index in [-0.39, 0.29) is 11.9 Å². The van der Waals surface area contributed by atoms with Gasteiger partial charge in [0.05, 0.1) is 12.6 Å². The van der Waals surface area contributed by atoms with Crippen LogP contribution >= 0.6 is 11.3 Å². The van der Waals surface area contributed by atoms with Crippen LogP contribution in [0.15, 0.2) is 29.8 Å². The lowest BCUT2D eigenvalue weighted by atomic mass is 9.92. The molecule has 3 heterocycles. The quantitative estimate of drug-likeness (QED) is 0.914. The van der Waals surface area contributed by atoms with Crippen molar-refractivity contribution in [3.63, 3.8) is 0 Å². The molecule has 2 aromatic rings. The second kappa shape index (κ2) is 7.27. The Kier molecular flexibility index (Phi) is 5.13. The maximum atomic E-state index is 12.3. The number of rotatable bonds is 5. The Bertz CT molecular complexity index is 629. The zero-order valence-electron chi connectivity index (χ0n) is 13.7. The standard InChI is InChI=1S/C17H24N4OS/c1-13(17(22)18-12-15-4-3-11-23-15)21-9-6-14(7-10-21)16-5-8-19-20(16)2/h3-5,8,11,13-14H,6-7,9-10,12H2,1-2H3,(H,18,22). The van der Waals surface area contributed by atoms with Crippen LogP contribution in [0.25, 0.3) is 0 Å². The first-order valence-corrected chi connectivity index (χ1v) is 9.05. The molecule has 1 saturated heterocycles. The number of carbonyl (C=O) groups is 1. The summed E-state index contributed by atoms with van der Waals surface area (Å²) in [5.74, 6) is 0.678. The number of nitrogens with zero attached hydrogens (tertiary/aromatic N) is 3. The first-order chi connectivity index (χ1) is 11.1. The Balaban J connectivity index is 1.48. The first-order valence-electron chi connectivity index (χ1n) is 8.17. The summed E-state index contributed by atoms with van der Waals surface area (Å²) < 4.78 is 1.97. The molecule has 1 fully saturated rings. The fraction of sp³-hybridized carbons (Fsp3) is 0.529. The Hall–Kier alpha value is -1.66. The highest BCUT2D eigenvalue weighted by Crippen LogP contribution is 2.28. The van der Waals surface area contributed by atoms with Crippen molar-refractivity contribution in [2.24, 2.45) is 7.05 Å². The van der Waals surface area contributed by atoms with E-state index in [1.165, 1.54) is 10.6 Å². The van der Waals surface area contributed by atoms with E-state index in [2.05, 4.69) is 27.4 Å². The monoisotopic (exact) mass is 332 g/mol. The molecular weight excluding hydrogens is 308 g/mol. The molecule has 1 aliphatic rings. The number of piperidine rings is 1. The normalized spacial score (nSPS) is 18.0. The van der Waals surface area contributed by atoms with Crippen LogP contribution in [0.2, 0.25) is 0 Å². The summed E-state index contributed by atoms with van der Waals surface area (Å²) in [6.45, 7) is 4.56. The van der Waals surface area contributed by atoms with Crippen LogP contribution in [-0.2, 0) is 18.4 Å². The maximum Gasteiger partial charge on any atom is 0.237 e. The minimum absolute atomic E-state index is 0.0672. The molecule has 0 spiro atoms. The van der Waals surface area contributed by atoms with E-state index in [0.29, 0.717) is 12.5 Å². The summed E-state index contributed by atoms with van der Waals surface area (Å²) in [6, 6.07) is 6.10. The minimum Gasteiger partial charge on any atom is -0.350 e. The maximum absolute atomic E-state index is 12.3. The number of aryl methyl sites for hydroxylation is 1. The third kappa shape index (κ3) is 3.82. The van der Waals surface area contributed by atoms with E-state index in [9.17, 15) is 4.79 Å². The van der Waals surface area contributed by atoms with Gasteiger partial charge in [0.15, 0.2) is 0 Å². The molecule has 0 bridgehead atoms. The lowest BCUT2D eigenvalue weighted by Gasteiger charge is -2.35. The van der Waals surface area contributed by atoms with Crippen LogP contribution in [0.1, 0.15) is 36.3 Å². The van der Waals surface area contributed by atoms with Crippen molar-refractivity contribution in [2.45, 2.75) is 38.3 Å². The summed E-state index contributed by atoms with van der Waals surface area (Å²) in [7, 11) is 2.00. The summed E-state index contributed by atoms with van der Waals surface area (Å²) >= 11 is 1.68. The summed E-state index contributed by atoms with van der Waals surface area (Å²) in [6.07, 6.45) is 4.03. The van der Waals surface area contributed by atoms with Gasteiger partial charge in [0.1, 0.15) is 0 Å². The van der Waals surface area contributed by atoms with Gasteiger partial charge in [-0.1, -0.05) is 6.07 Å². The highest BCUT2D eigenvalue weighted by atomic mass is 32.1. The predicted octanol–water partition coefficient (Wildman–Crippen LogP) is 2.37. The second-order valence-corrected chi connectivity index (χ2v) is 7.20. The molecule has 3 rings (SSSR count). The van der Waals surface area contributed by atoms with Gasteiger partial charge in [-0.2, -0.15) is 5.10 Å². The van der Waals surface area contributed by atoms with Gasteiger partial charge in [0.25, 0.3) is 0 Å². The smallest absolute Gasteiger partial charge is 0.237 e. The molecule has 1 unspecified atom stereocenters. The zero-order valence-corrected chi connectivity index (χ0v) is 14.6. The predicted molar refractivity (Wildman–Crippen MR) is 92.4 cm³/mol. The van der Waals surface area contributed by atoms with Crippen LogP contribution in [0.5, 0.6) is 0 Å². The van der Waals surface area contributed by atoms with Gasteiger partial charge in [0.2, 0.25) is 5.91 Å². The van der Waals surface area contributed by atoms with Crippen molar-refractivity contribution in [1.82, 2.24) is 20.0 Å². The van der Waals surface area contributed by atoms with Gasteiger partial charge in [-0.25, -0.2) is 0 Å². The molecule has 0 radical (unpaired) electrons. The van der Waals surface area contributed by atoms with Gasteiger partial charge >= 0.3 is 0 Å². The van der Waals surface area contributed by atoms with E-state index in [1.807, 2.05) is 36.3 Å². The molecule has 1 N–H and O–H groups in total. The van der Waals surface area contributed by atoms with Crippen LogP contribution in [0.3, 0.4) is 0 Å². The SMILES string of the molecule is CC(C(=O)NCc1cccs1)N1CCC(c2ccnn2C)CC1. The minimum atomic E-state index is -0.0672. The molecule has 1 atom stereocenters. The highest BCUT2D eigenvalue weighted by molar-refractivity contribution is 7.09. The van der Waals surface area contributed by atoms with Gasteiger partial charge in [-0.3, -0.25) is 14.4 Å². The number of thiophene rings is 1. The second-order valence-electron chi connectivity index (χ2n) is 6.16. The lowest BCUT2D eigenvalue weighted by Crippen LogP contribution is -2.47. The van der Waals surface area contributed by atoms with Crippen molar-refractivity contribution < 1.29 is 4.79 Å². The van der Waals surface area contributed by atoms with Crippen molar-refractivity contribution in [3.8, 4) is 0 Å². The number of hydrogen-bond acceptors (Lipinski definition) is 4. The van der Waals surface area contributed by atoms with Crippen LogP contribution in [0, 0.1) is 0 Å². The summed E-state index contributed by atoms with van der Waals surface area (Å²) in [5.41, 5.74) is 1.31. The van der Waals surface area contributed by atoms with E-state index in [1.54, 1.807) is 11.3 Å². The fourth-order valence-corrected chi connectivity index (χ4v) is 3.91. The molecule has 2 aromatic heterocycles. The average molecular weight is 332 g/mol. The van der Waals surface area contributed by atoms with E-state index < -0.39 is 0 Å². The van der Waals surface area contributed by atoms with Crippen LogP contribution < -0.4 is 5.32 Å². The molecule has 0 aromatic carbocycles. The van der Waals surface area contributed by atoms with Crippen LogP contribution in [-0.4, -0.2) is 39.7 Å². The van der Waals surface area contributed by atoms with E-state index in [0.717, 1.165) is 25.9 Å². The van der Waals surface area contributed by atoms with E-state index >= 15 is 0 Å². The van der Waals surface area contributed by atoms with Gasteiger partial charge in [0, 0.05) is 29.7 Å². The average Bonchev–Trinajstić information content (AvgIpc) is 3.23. The number of amides is 1. The van der Waals surface area contributed by atoms with Crippen molar-refractivity contribution in [2.75, 3.05) is 13.1 Å². The Morgan fingerprint density at radius 1 is 1.43 bits per heavy atom. The van der Waals surface area contributed by atoms with Gasteiger partial charge < -0.3 is 5.32 Å². The molecule has 23 heavy (non-hydrogen) atoms. The molecule has 5 nitrogen and oxygen atoms in total. The zero-order chi connectivity index (χ0) is 16.2. The number of aromatic nitrogens is 2. The van der Waals surface area contributed by atoms with Gasteiger partial charge in [-0.05, 0) is 50.4 Å². The van der Waals surface area contributed by atoms with Crippen molar-refractivity contribution in [3.05, 3.63) is 40.3 Å². The Morgan fingerprint density at radius 3 is 2.83 bits per heavy atom. The Morgan fingerprint density at radius 2 is 2.22 bits per heavy atom. The molecule has 1 aliphatic heterocycles. The molecule has 1 amide bonds.